The van der Waals surface area contributed by atoms with E-state index in [0.29, 0.717) is 23.9 Å². The normalized spacial score (nSPS) is 23.5. The smallest absolute Gasteiger partial charge is 0.320 e. The molecule has 2 aromatic rings. The van der Waals surface area contributed by atoms with Crippen LogP contribution in [0.2, 0.25) is 5.02 Å². The van der Waals surface area contributed by atoms with Crippen molar-refractivity contribution in [1.29, 1.82) is 0 Å². The second-order valence-corrected chi connectivity index (χ2v) is 6.24. The van der Waals surface area contributed by atoms with Crippen LogP contribution in [0.1, 0.15) is 25.5 Å². The van der Waals surface area contributed by atoms with Crippen molar-refractivity contribution in [3.05, 3.63) is 35.2 Å². The summed E-state index contributed by atoms with van der Waals surface area (Å²) in [6.45, 7) is 3.47. The van der Waals surface area contributed by atoms with Crippen LogP contribution in [0.3, 0.4) is 0 Å². The van der Waals surface area contributed by atoms with Crippen LogP contribution in [-0.2, 0) is 11.3 Å². The van der Waals surface area contributed by atoms with Crippen molar-refractivity contribution in [1.82, 2.24) is 14.3 Å². The largest absolute Gasteiger partial charge is 0.480 e. The molecule has 0 spiro atoms. The number of imidazole rings is 1. The van der Waals surface area contributed by atoms with E-state index < -0.39 is 12.0 Å². The summed E-state index contributed by atoms with van der Waals surface area (Å²) in [5, 5.41) is 10.1. The zero-order chi connectivity index (χ0) is 15.0. The molecule has 21 heavy (non-hydrogen) atoms. The Balaban J connectivity index is 1.81. The fourth-order valence-electron chi connectivity index (χ4n) is 2.94. The van der Waals surface area contributed by atoms with Gasteiger partial charge in [0, 0.05) is 18.9 Å². The third-order valence-corrected chi connectivity index (χ3v) is 4.31. The molecule has 112 valence electrons. The van der Waals surface area contributed by atoms with E-state index in [9.17, 15) is 9.90 Å². The maximum absolute atomic E-state index is 11.4. The van der Waals surface area contributed by atoms with Gasteiger partial charge in [-0.25, -0.2) is 4.98 Å². The number of pyridine rings is 1. The zero-order valence-electron chi connectivity index (χ0n) is 11.9. The standard InChI is InChI=1S/C15H18ClN3O2/c1-10-4-5-18(13(6-10)15(20)21)8-12-9-19-7-11(16)2-3-14(19)17-12/h2-3,7,9-10,13H,4-6,8H2,1H3,(H,20,21). The van der Waals surface area contributed by atoms with Crippen LogP contribution in [-0.4, -0.2) is 37.9 Å². The Bertz CT molecular complexity index is 670. The monoisotopic (exact) mass is 307 g/mol. The molecular formula is C15H18ClN3O2. The molecule has 3 rings (SSSR count). The van der Waals surface area contributed by atoms with Crippen molar-refractivity contribution in [2.45, 2.75) is 32.4 Å². The minimum absolute atomic E-state index is 0.415. The molecule has 2 atom stereocenters. The average Bonchev–Trinajstić information content (AvgIpc) is 2.82. The van der Waals surface area contributed by atoms with Gasteiger partial charge in [0.1, 0.15) is 11.7 Å². The molecule has 0 aromatic carbocycles. The number of hydrogen-bond acceptors (Lipinski definition) is 3. The minimum atomic E-state index is -0.742. The average molecular weight is 308 g/mol. The van der Waals surface area contributed by atoms with Gasteiger partial charge in [0.25, 0.3) is 0 Å². The van der Waals surface area contributed by atoms with Gasteiger partial charge in [-0.15, -0.1) is 0 Å². The van der Waals surface area contributed by atoms with E-state index in [2.05, 4.69) is 11.9 Å². The van der Waals surface area contributed by atoms with Crippen LogP contribution in [0.15, 0.2) is 24.5 Å². The summed E-state index contributed by atoms with van der Waals surface area (Å²) >= 11 is 5.96. The molecule has 2 aromatic heterocycles. The lowest BCUT2D eigenvalue weighted by Crippen LogP contribution is -2.46. The van der Waals surface area contributed by atoms with Crippen LogP contribution in [0.5, 0.6) is 0 Å². The SMILES string of the molecule is CC1CCN(Cc2cn3cc(Cl)ccc3n2)C(C(=O)O)C1. The third kappa shape index (κ3) is 3.04. The van der Waals surface area contributed by atoms with Gasteiger partial charge >= 0.3 is 5.97 Å². The van der Waals surface area contributed by atoms with Gasteiger partial charge in [0.15, 0.2) is 0 Å². The van der Waals surface area contributed by atoms with Crippen molar-refractivity contribution in [3.63, 3.8) is 0 Å². The van der Waals surface area contributed by atoms with Crippen LogP contribution in [0, 0.1) is 5.92 Å². The first kappa shape index (κ1) is 14.4. The number of rotatable bonds is 3. The highest BCUT2D eigenvalue weighted by molar-refractivity contribution is 6.30. The number of halogens is 1. The highest BCUT2D eigenvalue weighted by Crippen LogP contribution is 2.24. The number of hydrogen-bond donors (Lipinski definition) is 1. The van der Waals surface area contributed by atoms with Crippen LogP contribution in [0.25, 0.3) is 5.65 Å². The zero-order valence-corrected chi connectivity index (χ0v) is 12.6. The van der Waals surface area contributed by atoms with E-state index in [0.717, 1.165) is 24.3 Å². The molecule has 1 aliphatic rings. The van der Waals surface area contributed by atoms with E-state index in [1.54, 1.807) is 12.3 Å². The summed E-state index contributed by atoms with van der Waals surface area (Å²) < 4.78 is 1.88. The number of carboxylic acids is 1. The van der Waals surface area contributed by atoms with Crippen molar-refractivity contribution in [2.75, 3.05) is 6.54 Å². The summed E-state index contributed by atoms with van der Waals surface area (Å²) in [6.07, 6.45) is 5.45. The lowest BCUT2D eigenvalue weighted by Gasteiger charge is -2.35. The lowest BCUT2D eigenvalue weighted by atomic mass is 9.92. The van der Waals surface area contributed by atoms with Gasteiger partial charge < -0.3 is 9.51 Å². The molecule has 0 aliphatic carbocycles. The molecule has 0 radical (unpaired) electrons. The van der Waals surface area contributed by atoms with E-state index >= 15 is 0 Å². The number of piperidine rings is 1. The summed E-state index contributed by atoms with van der Waals surface area (Å²) in [6, 6.07) is 3.25. The highest BCUT2D eigenvalue weighted by atomic mass is 35.5. The van der Waals surface area contributed by atoms with E-state index in [1.165, 1.54) is 0 Å². The first-order chi connectivity index (χ1) is 10.0. The minimum Gasteiger partial charge on any atom is -0.480 e. The molecule has 1 fully saturated rings. The number of carbonyl (C=O) groups is 1. The second kappa shape index (κ2) is 5.66. The Hall–Kier alpha value is -1.59. The lowest BCUT2D eigenvalue weighted by molar-refractivity contribution is -0.145. The number of carboxylic acid groups (broad SMARTS) is 1. The molecule has 0 amide bonds. The van der Waals surface area contributed by atoms with Crippen LogP contribution < -0.4 is 0 Å². The Morgan fingerprint density at radius 3 is 3.05 bits per heavy atom. The van der Waals surface area contributed by atoms with Gasteiger partial charge in [-0.3, -0.25) is 9.69 Å². The number of aromatic nitrogens is 2. The maximum atomic E-state index is 11.4. The molecule has 1 N–H and O–H groups in total. The molecule has 2 unspecified atom stereocenters. The predicted molar refractivity (Wildman–Crippen MR) is 80.4 cm³/mol. The Kier molecular flexibility index (Phi) is 3.87. The number of fused-ring (bicyclic) bond motifs is 1. The molecule has 1 saturated heterocycles. The fourth-order valence-corrected chi connectivity index (χ4v) is 3.11. The van der Waals surface area contributed by atoms with Crippen LogP contribution in [0.4, 0.5) is 0 Å². The first-order valence-electron chi connectivity index (χ1n) is 7.13. The number of nitrogens with zero attached hydrogens (tertiary/aromatic N) is 3. The predicted octanol–water partition coefficient (Wildman–Crippen LogP) is 2.67. The van der Waals surface area contributed by atoms with Crippen LogP contribution >= 0.6 is 11.6 Å². The van der Waals surface area contributed by atoms with Crippen molar-refractivity contribution in [3.8, 4) is 0 Å². The van der Waals surface area contributed by atoms with Gasteiger partial charge in [-0.2, -0.15) is 0 Å². The van der Waals surface area contributed by atoms with Crippen molar-refractivity contribution in [2.24, 2.45) is 5.92 Å². The molecule has 1 aliphatic heterocycles. The molecule has 0 bridgehead atoms. The fraction of sp³-hybridized carbons (Fsp3) is 0.467. The Morgan fingerprint density at radius 1 is 1.48 bits per heavy atom. The van der Waals surface area contributed by atoms with Crippen molar-refractivity contribution < 1.29 is 9.90 Å². The van der Waals surface area contributed by atoms with Gasteiger partial charge in [-0.1, -0.05) is 18.5 Å². The molecular weight excluding hydrogens is 290 g/mol. The summed E-state index contributed by atoms with van der Waals surface area (Å²) in [7, 11) is 0. The van der Waals surface area contributed by atoms with Gasteiger partial charge in [-0.05, 0) is 37.4 Å². The van der Waals surface area contributed by atoms with E-state index in [4.69, 9.17) is 11.6 Å². The van der Waals surface area contributed by atoms with E-state index in [1.807, 2.05) is 21.6 Å². The second-order valence-electron chi connectivity index (χ2n) is 5.80. The first-order valence-corrected chi connectivity index (χ1v) is 7.50. The molecule has 3 heterocycles. The summed E-state index contributed by atoms with van der Waals surface area (Å²) in [5.74, 6) is -0.282. The van der Waals surface area contributed by atoms with Crippen molar-refractivity contribution >= 4 is 23.2 Å². The summed E-state index contributed by atoms with van der Waals surface area (Å²) in [4.78, 5) is 18.0. The topological polar surface area (TPSA) is 57.8 Å². The molecule has 0 saturated carbocycles. The molecule has 6 heteroatoms. The highest BCUT2D eigenvalue weighted by Gasteiger charge is 2.31. The van der Waals surface area contributed by atoms with E-state index in [-0.39, 0.29) is 0 Å². The maximum Gasteiger partial charge on any atom is 0.320 e. The Labute approximate surface area is 128 Å². The van der Waals surface area contributed by atoms with Gasteiger partial charge in [0.05, 0.1) is 10.7 Å². The summed E-state index contributed by atoms with van der Waals surface area (Å²) in [5.41, 5.74) is 1.70. The number of likely N-dealkylation sites (tertiary alicyclic amines) is 1. The van der Waals surface area contributed by atoms with Gasteiger partial charge in [0.2, 0.25) is 0 Å². The quantitative estimate of drug-likeness (QED) is 0.947. The Morgan fingerprint density at radius 2 is 2.29 bits per heavy atom. The molecule has 5 nitrogen and oxygen atoms in total. The third-order valence-electron chi connectivity index (χ3n) is 4.09. The number of aliphatic carboxylic acids is 1.